The molecule has 1 N–H and O–H groups in total. The Bertz CT molecular complexity index is 697. The molecule has 2 aromatic rings. The van der Waals surface area contributed by atoms with Crippen molar-refractivity contribution in [1.82, 2.24) is 0 Å². The van der Waals surface area contributed by atoms with Crippen molar-refractivity contribution >= 4 is 23.0 Å². The van der Waals surface area contributed by atoms with Crippen molar-refractivity contribution < 1.29 is 18.0 Å². The second-order valence-electron chi connectivity index (χ2n) is 4.70. The van der Waals surface area contributed by atoms with E-state index in [4.69, 9.17) is 0 Å². The van der Waals surface area contributed by atoms with E-state index in [9.17, 15) is 18.0 Å². The van der Waals surface area contributed by atoms with Crippen LogP contribution in [0.5, 0.6) is 0 Å². The van der Waals surface area contributed by atoms with Crippen LogP contribution in [0.2, 0.25) is 0 Å². The van der Waals surface area contributed by atoms with Crippen molar-refractivity contribution in [2.24, 2.45) is 0 Å². The van der Waals surface area contributed by atoms with Crippen LogP contribution in [0.3, 0.4) is 0 Å². The minimum absolute atomic E-state index is 0.0156. The van der Waals surface area contributed by atoms with Crippen LogP contribution in [-0.4, -0.2) is 12.5 Å². The lowest BCUT2D eigenvalue weighted by Crippen LogP contribution is -2.35. The molecule has 0 aromatic heterocycles. The van der Waals surface area contributed by atoms with E-state index >= 15 is 0 Å². The molecule has 21 heavy (non-hydrogen) atoms. The van der Waals surface area contributed by atoms with Crippen LogP contribution in [0.25, 0.3) is 0 Å². The first-order valence-corrected chi connectivity index (χ1v) is 6.29. The number of alkyl halides is 3. The molecular weight excluding hydrogens is 281 g/mol. The van der Waals surface area contributed by atoms with Gasteiger partial charge in [-0.3, -0.25) is 4.79 Å². The zero-order valence-electron chi connectivity index (χ0n) is 10.8. The molecule has 1 amide bonds. The fraction of sp³-hybridized carbons (Fsp3) is 0.133. The number of halogens is 3. The van der Waals surface area contributed by atoms with Gasteiger partial charge < -0.3 is 10.2 Å². The Morgan fingerprint density at radius 1 is 1.05 bits per heavy atom. The molecule has 0 spiro atoms. The molecule has 0 atom stereocenters. The van der Waals surface area contributed by atoms with Gasteiger partial charge in [0.05, 0.1) is 16.9 Å². The summed E-state index contributed by atoms with van der Waals surface area (Å²) in [5.74, 6) is -0.258. The summed E-state index contributed by atoms with van der Waals surface area (Å²) in [7, 11) is 0. The van der Waals surface area contributed by atoms with Gasteiger partial charge in [-0.2, -0.15) is 13.2 Å². The second kappa shape index (κ2) is 4.80. The highest BCUT2D eigenvalue weighted by atomic mass is 19.4. The van der Waals surface area contributed by atoms with Gasteiger partial charge in [-0.1, -0.05) is 18.2 Å². The van der Waals surface area contributed by atoms with E-state index in [2.05, 4.69) is 5.32 Å². The number of para-hydroxylation sites is 2. The van der Waals surface area contributed by atoms with Crippen molar-refractivity contribution in [3.8, 4) is 0 Å². The smallest absolute Gasteiger partial charge is 0.330 e. The maximum absolute atomic E-state index is 12.8. The van der Waals surface area contributed by atoms with Gasteiger partial charge in [0.1, 0.15) is 6.54 Å². The number of anilines is 3. The number of nitrogens with zero attached hydrogens (tertiary/aromatic N) is 1. The largest absolute Gasteiger partial charge is 0.416 e. The van der Waals surface area contributed by atoms with Crippen LogP contribution in [0.4, 0.5) is 30.2 Å². The SMILES string of the molecule is O=C1CN(c2cccc(C(F)(F)F)c2)c2ccccc2N1. The van der Waals surface area contributed by atoms with E-state index in [1.54, 1.807) is 35.2 Å². The lowest BCUT2D eigenvalue weighted by atomic mass is 10.1. The number of hydrogen-bond acceptors (Lipinski definition) is 2. The molecule has 3 nitrogen and oxygen atoms in total. The van der Waals surface area contributed by atoms with E-state index in [0.717, 1.165) is 12.1 Å². The highest BCUT2D eigenvalue weighted by Crippen LogP contribution is 2.37. The highest BCUT2D eigenvalue weighted by Gasteiger charge is 2.31. The third-order valence-electron chi connectivity index (χ3n) is 3.26. The van der Waals surface area contributed by atoms with E-state index in [1.165, 1.54) is 6.07 Å². The number of hydrogen-bond donors (Lipinski definition) is 1. The summed E-state index contributed by atoms with van der Waals surface area (Å²) in [5, 5.41) is 2.70. The van der Waals surface area contributed by atoms with Gasteiger partial charge in [0.25, 0.3) is 0 Å². The maximum Gasteiger partial charge on any atom is 0.416 e. The van der Waals surface area contributed by atoms with Gasteiger partial charge >= 0.3 is 6.18 Å². The highest BCUT2D eigenvalue weighted by molar-refractivity contribution is 6.03. The molecule has 1 heterocycles. The Balaban J connectivity index is 2.07. The van der Waals surface area contributed by atoms with Gasteiger partial charge in [0, 0.05) is 5.69 Å². The normalized spacial score (nSPS) is 14.6. The van der Waals surface area contributed by atoms with Crippen LogP contribution in [0, 0.1) is 0 Å². The van der Waals surface area contributed by atoms with Gasteiger partial charge in [0.2, 0.25) is 5.91 Å². The van der Waals surface area contributed by atoms with E-state index < -0.39 is 11.7 Å². The Hall–Kier alpha value is -2.50. The number of nitrogens with one attached hydrogen (secondary N) is 1. The van der Waals surface area contributed by atoms with Crippen molar-refractivity contribution in [1.29, 1.82) is 0 Å². The van der Waals surface area contributed by atoms with E-state index in [1.807, 2.05) is 0 Å². The molecule has 2 aromatic carbocycles. The zero-order chi connectivity index (χ0) is 15.0. The zero-order valence-corrected chi connectivity index (χ0v) is 10.8. The molecule has 0 fully saturated rings. The first-order valence-electron chi connectivity index (χ1n) is 6.29. The summed E-state index contributed by atoms with van der Waals surface area (Å²) in [6, 6.07) is 12.0. The second-order valence-corrected chi connectivity index (χ2v) is 4.70. The summed E-state index contributed by atoms with van der Waals surface area (Å²) in [6.07, 6.45) is -4.41. The summed E-state index contributed by atoms with van der Waals surface area (Å²) >= 11 is 0. The molecule has 0 unspecified atom stereocenters. The van der Waals surface area contributed by atoms with Gasteiger partial charge in [-0.25, -0.2) is 0 Å². The van der Waals surface area contributed by atoms with Crippen molar-refractivity contribution in [2.75, 3.05) is 16.8 Å². The number of rotatable bonds is 1. The third kappa shape index (κ3) is 2.56. The standard InChI is InChI=1S/C15H11F3N2O/c16-15(17,18)10-4-3-5-11(8-10)20-9-14(21)19-12-6-1-2-7-13(12)20/h1-8H,9H2,(H,19,21). The third-order valence-corrected chi connectivity index (χ3v) is 3.26. The van der Waals surface area contributed by atoms with E-state index in [0.29, 0.717) is 17.1 Å². The predicted octanol–water partition coefficient (Wildman–Crippen LogP) is 3.80. The molecule has 0 bridgehead atoms. The average Bonchev–Trinajstić information content (AvgIpc) is 2.45. The molecule has 1 aliphatic rings. The van der Waals surface area contributed by atoms with E-state index in [-0.39, 0.29) is 12.5 Å². The Kier molecular flexibility index (Phi) is 3.08. The molecule has 108 valence electrons. The number of carbonyl (C=O) groups excluding carboxylic acids is 1. The maximum atomic E-state index is 12.8. The number of amides is 1. The molecule has 0 radical (unpaired) electrons. The minimum atomic E-state index is -4.41. The van der Waals surface area contributed by atoms with Crippen LogP contribution in [0.15, 0.2) is 48.5 Å². The topological polar surface area (TPSA) is 32.3 Å². The van der Waals surface area contributed by atoms with Crippen LogP contribution in [-0.2, 0) is 11.0 Å². The van der Waals surface area contributed by atoms with Gasteiger partial charge in [-0.15, -0.1) is 0 Å². The molecule has 3 rings (SSSR count). The van der Waals surface area contributed by atoms with Gasteiger partial charge in [-0.05, 0) is 30.3 Å². The number of carbonyl (C=O) groups is 1. The lowest BCUT2D eigenvalue weighted by Gasteiger charge is -2.31. The van der Waals surface area contributed by atoms with Crippen LogP contribution in [0.1, 0.15) is 5.56 Å². The molecule has 6 heteroatoms. The lowest BCUT2D eigenvalue weighted by molar-refractivity contribution is -0.137. The molecule has 0 saturated heterocycles. The fourth-order valence-corrected chi connectivity index (χ4v) is 2.31. The molecule has 0 aliphatic carbocycles. The van der Waals surface area contributed by atoms with Gasteiger partial charge in [0.15, 0.2) is 0 Å². The minimum Gasteiger partial charge on any atom is -0.330 e. The fourth-order valence-electron chi connectivity index (χ4n) is 2.31. The van der Waals surface area contributed by atoms with Crippen LogP contribution < -0.4 is 10.2 Å². The average molecular weight is 292 g/mol. The summed E-state index contributed by atoms with van der Waals surface area (Å²) in [4.78, 5) is 13.3. The van der Waals surface area contributed by atoms with Crippen molar-refractivity contribution in [2.45, 2.75) is 6.18 Å². The molecule has 1 aliphatic heterocycles. The first kappa shape index (κ1) is 13.5. The van der Waals surface area contributed by atoms with Crippen molar-refractivity contribution in [3.05, 3.63) is 54.1 Å². The molecular formula is C15H11F3N2O. The summed E-state index contributed by atoms with van der Waals surface area (Å²) < 4.78 is 38.4. The van der Waals surface area contributed by atoms with Crippen LogP contribution >= 0.6 is 0 Å². The Morgan fingerprint density at radius 2 is 1.81 bits per heavy atom. The number of benzene rings is 2. The predicted molar refractivity (Wildman–Crippen MR) is 73.5 cm³/mol. The van der Waals surface area contributed by atoms with Crippen molar-refractivity contribution in [3.63, 3.8) is 0 Å². The first-order chi connectivity index (χ1) is 9.95. The molecule has 0 saturated carbocycles. The Morgan fingerprint density at radius 3 is 2.57 bits per heavy atom. The monoisotopic (exact) mass is 292 g/mol. The Labute approximate surface area is 119 Å². The summed E-state index contributed by atoms with van der Waals surface area (Å²) in [5.41, 5.74) is 0.873. The number of fused-ring (bicyclic) bond motifs is 1. The quantitative estimate of drug-likeness (QED) is 0.867. The summed E-state index contributed by atoms with van der Waals surface area (Å²) in [6.45, 7) is -0.0156.